The fraction of sp³-hybridized carbons (Fsp3) is 0.308. The lowest BCUT2D eigenvalue weighted by Gasteiger charge is -2.12. The van der Waals surface area contributed by atoms with Gasteiger partial charge in [0.05, 0.1) is 12.1 Å². The first-order valence-corrected chi connectivity index (χ1v) is 6.04. The van der Waals surface area contributed by atoms with E-state index in [9.17, 15) is 4.79 Å². The highest BCUT2D eigenvalue weighted by atomic mass is 35.5. The number of halogens is 1. The number of rotatable bonds is 6. The van der Waals surface area contributed by atoms with Gasteiger partial charge in [0.25, 0.3) is 5.91 Å². The van der Waals surface area contributed by atoms with Crippen LogP contribution in [0.25, 0.3) is 6.08 Å². The van der Waals surface area contributed by atoms with Crippen molar-refractivity contribution in [2.75, 3.05) is 13.7 Å². The summed E-state index contributed by atoms with van der Waals surface area (Å²) in [7, 11) is 1.49. The zero-order chi connectivity index (χ0) is 14.4. The third kappa shape index (κ3) is 4.81. The molecule has 104 valence electrons. The summed E-state index contributed by atoms with van der Waals surface area (Å²) in [6, 6.07) is 3.37. The van der Waals surface area contributed by atoms with Gasteiger partial charge in [-0.3, -0.25) is 4.79 Å². The van der Waals surface area contributed by atoms with Crippen LogP contribution in [0.3, 0.4) is 0 Å². The standard InChI is InChI=1S/C13H17ClN2O3/c1-8(15)3-4-9-5-10(14)13(11(6-9)18-2)19-7-12(16)17/h3-6,8H,7,15H2,1-2H3,(H2,16,17)/b4-3+. The molecule has 0 aromatic heterocycles. The second-order valence-corrected chi connectivity index (χ2v) is 4.41. The molecule has 0 saturated heterocycles. The number of hydrogen-bond donors (Lipinski definition) is 2. The van der Waals surface area contributed by atoms with Crippen molar-refractivity contribution in [1.29, 1.82) is 0 Å². The van der Waals surface area contributed by atoms with Gasteiger partial charge in [-0.2, -0.15) is 0 Å². The van der Waals surface area contributed by atoms with Crippen LogP contribution in [-0.2, 0) is 4.79 Å². The molecular weight excluding hydrogens is 268 g/mol. The van der Waals surface area contributed by atoms with E-state index in [-0.39, 0.29) is 12.6 Å². The second kappa shape index (κ2) is 7.01. The van der Waals surface area contributed by atoms with Crippen LogP contribution in [0.1, 0.15) is 12.5 Å². The molecule has 0 fully saturated rings. The molecule has 0 aliphatic carbocycles. The maximum absolute atomic E-state index is 10.7. The van der Waals surface area contributed by atoms with Crippen molar-refractivity contribution in [2.45, 2.75) is 13.0 Å². The molecule has 0 radical (unpaired) electrons. The average Bonchev–Trinajstić information content (AvgIpc) is 2.34. The SMILES string of the molecule is COc1cc(/C=C/C(C)N)cc(Cl)c1OCC(N)=O. The maximum Gasteiger partial charge on any atom is 0.255 e. The quantitative estimate of drug-likeness (QED) is 0.830. The zero-order valence-corrected chi connectivity index (χ0v) is 11.6. The van der Waals surface area contributed by atoms with E-state index in [1.54, 1.807) is 12.1 Å². The van der Waals surface area contributed by atoms with Crippen molar-refractivity contribution >= 4 is 23.6 Å². The molecule has 1 atom stereocenters. The summed E-state index contributed by atoms with van der Waals surface area (Å²) < 4.78 is 10.4. The Kier molecular flexibility index (Phi) is 5.66. The van der Waals surface area contributed by atoms with E-state index >= 15 is 0 Å². The van der Waals surface area contributed by atoms with Gasteiger partial charge in [0.1, 0.15) is 0 Å². The number of primary amides is 1. The summed E-state index contributed by atoms with van der Waals surface area (Å²) in [6.07, 6.45) is 3.66. The smallest absolute Gasteiger partial charge is 0.255 e. The summed E-state index contributed by atoms with van der Waals surface area (Å²) in [5.41, 5.74) is 11.5. The van der Waals surface area contributed by atoms with Crippen molar-refractivity contribution in [1.82, 2.24) is 0 Å². The van der Waals surface area contributed by atoms with Gasteiger partial charge in [0, 0.05) is 6.04 Å². The van der Waals surface area contributed by atoms with Crippen molar-refractivity contribution in [2.24, 2.45) is 11.5 Å². The van der Waals surface area contributed by atoms with Gasteiger partial charge in [0.15, 0.2) is 18.1 Å². The van der Waals surface area contributed by atoms with Crippen LogP contribution in [0.2, 0.25) is 5.02 Å². The first-order chi connectivity index (χ1) is 8.93. The van der Waals surface area contributed by atoms with Crippen LogP contribution in [0, 0.1) is 0 Å². The summed E-state index contributed by atoms with van der Waals surface area (Å²) in [6.45, 7) is 1.60. The highest BCUT2D eigenvalue weighted by Crippen LogP contribution is 2.36. The van der Waals surface area contributed by atoms with Crippen LogP contribution in [0.4, 0.5) is 0 Å². The molecule has 0 spiro atoms. The number of nitrogens with two attached hydrogens (primary N) is 2. The Morgan fingerprint density at radius 1 is 1.53 bits per heavy atom. The third-order valence-electron chi connectivity index (χ3n) is 2.20. The van der Waals surface area contributed by atoms with Crippen LogP contribution in [0.5, 0.6) is 11.5 Å². The van der Waals surface area contributed by atoms with E-state index in [1.807, 2.05) is 19.1 Å². The van der Waals surface area contributed by atoms with Crippen LogP contribution in [0.15, 0.2) is 18.2 Å². The molecule has 1 aromatic rings. The number of benzene rings is 1. The summed E-state index contributed by atoms with van der Waals surface area (Å²) in [5.74, 6) is 0.137. The Hall–Kier alpha value is -1.72. The molecule has 0 aliphatic rings. The minimum atomic E-state index is -0.584. The van der Waals surface area contributed by atoms with E-state index in [0.717, 1.165) is 5.56 Å². The molecule has 4 N–H and O–H groups in total. The first-order valence-electron chi connectivity index (χ1n) is 5.66. The topological polar surface area (TPSA) is 87.6 Å². The molecule has 1 amide bonds. The van der Waals surface area contributed by atoms with Crippen molar-refractivity contribution in [3.63, 3.8) is 0 Å². The van der Waals surface area contributed by atoms with Gasteiger partial charge in [0.2, 0.25) is 0 Å². The number of ether oxygens (including phenoxy) is 2. The third-order valence-corrected chi connectivity index (χ3v) is 2.48. The van der Waals surface area contributed by atoms with Gasteiger partial charge >= 0.3 is 0 Å². The number of amides is 1. The molecule has 5 nitrogen and oxygen atoms in total. The van der Waals surface area contributed by atoms with Crippen LogP contribution >= 0.6 is 11.6 Å². The van der Waals surface area contributed by atoms with E-state index < -0.39 is 5.91 Å². The van der Waals surface area contributed by atoms with Gasteiger partial charge in [-0.05, 0) is 24.6 Å². The Balaban J connectivity index is 3.03. The van der Waals surface area contributed by atoms with Crippen molar-refractivity contribution in [3.8, 4) is 11.5 Å². The minimum absolute atomic E-state index is 0.0597. The van der Waals surface area contributed by atoms with E-state index in [2.05, 4.69) is 0 Å². The van der Waals surface area contributed by atoms with E-state index in [0.29, 0.717) is 16.5 Å². The van der Waals surface area contributed by atoms with Gasteiger partial charge < -0.3 is 20.9 Å². The molecule has 6 heteroatoms. The molecule has 19 heavy (non-hydrogen) atoms. The lowest BCUT2D eigenvalue weighted by Crippen LogP contribution is -2.20. The summed E-state index contributed by atoms with van der Waals surface area (Å²) in [4.78, 5) is 10.7. The predicted molar refractivity (Wildman–Crippen MR) is 75.4 cm³/mol. The normalized spacial score (nSPS) is 12.4. The fourth-order valence-electron chi connectivity index (χ4n) is 1.38. The maximum atomic E-state index is 10.7. The van der Waals surface area contributed by atoms with Crippen LogP contribution in [-0.4, -0.2) is 25.7 Å². The zero-order valence-electron chi connectivity index (χ0n) is 10.9. The van der Waals surface area contributed by atoms with Gasteiger partial charge in [-0.25, -0.2) is 0 Å². The largest absolute Gasteiger partial charge is 0.493 e. The lowest BCUT2D eigenvalue weighted by molar-refractivity contribution is -0.119. The molecule has 0 aliphatic heterocycles. The second-order valence-electron chi connectivity index (χ2n) is 4.01. The Morgan fingerprint density at radius 2 is 2.21 bits per heavy atom. The van der Waals surface area contributed by atoms with E-state index in [4.69, 9.17) is 32.5 Å². The molecule has 1 aromatic carbocycles. The number of carbonyl (C=O) groups is 1. The molecule has 0 heterocycles. The molecule has 0 bridgehead atoms. The van der Waals surface area contributed by atoms with Gasteiger partial charge in [-0.1, -0.05) is 23.8 Å². The Morgan fingerprint density at radius 3 is 2.74 bits per heavy atom. The predicted octanol–water partition coefficient (Wildman–Crippen LogP) is 1.57. The highest BCUT2D eigenvalue weighted by molar-refractivity contribution is 6.32. The van der Waals surface area contributed by atoms with Crippen LogP contribution < -0.4 is 20.9 Å². The molecule has 0 saturated carbocycles. The first kappa shape index (κ1) is 15.3. The van der Waals surface area contributed by atoms with Crippen molar-refractivity contribution < 1.29 is 14.3 Å². The Bertz CT molecular complexity index is 487. The molecule has 1 rings (SSSR count). The lowest BCUT2D eigenvalue weighted by atomic mass is 10.1. The number of methoxy groups -OCH3 is 1. The summed E-state index contributed by atoms with van der Waals surface area (Å²) in [5, 5.41) is 0.338. The van der Waals surface area contributed by atoms with E-state index in [1.165, 1.54) is 7.11 Å². The number of carbonyl (C=O) groups excluding carboxylic acids is 1. The fourth-order valence-corrected chi connectivity index (χ4v) is 1.66. The Labute approximate surface area is 117 Å². The minimum Gasteiger partial charge on any atom is -0.493 e. The molecular formula is C13H17ClN2O3. The van der Waals surface area contributed by atoms with Crippen molar-refractivity contribution in [3.05, 3.63) is 28.8 Å². The van der Waals surface area contributed by atoms with Gasteiger partial charge in [-0.15, -0.1) is 0 Å². The monoisotopic (exact) mass is 284 g/mol. The molecule has 1 unspecified atom stereocenters. The highest BCUT2D eigenvalue weighted by Gasteiger charge is 2.12. The number of hydrogen-bond acceptors (Lipinski definition) is 4. The summed E-state index contributed by atoms with van der Waals surface area (Å²) >= 11 is 6.09. The average molecular weight is 285 g/mol.